The topological polar surface area (TPSA) is 78.9 Å². The van der Waals surface area contributed by atoms with Crippen LogP contribution in [0.25, 0.3) is 0 Å². The van der Waals surface area contributed by atoms with Crippen LogP contribution >= 0.6 is 0 Å². The van der Waals surface area contributed by atoms with E-state index in [4.69, 9.17) is 14.2 Å². The van der Waals surface area contributed by atoms with Gasteiger partial charge in [0, 0.05) is 26.2 Å². The van der Waals surface area contributed by atoms with Crippen LogP contribution in [0.2, 0.25) is 0 Å². The van der Waals surface area contributed by atoms with Gasteiger partial charge < -0.3 is 14.2 Å². The Morgan fingerprint density at radius 1 is 0.919 bits per heavy atom. The third kappa shape index (κ3) is 4.28. The van der Waals surface area contributed by atoms with Crippen molar-refractivity contribution >= 4 is 17.9 Å². The van der Waals surface area contributed by atoms with Crippen LogP contribution in [0.3, 0.4) is 0 Å². The maximum atomic E-state index is 12.2. The second kappa shape index (κ2) is 9.74. The number of benzene rings is 1. The van der Waals surface area contributed by atoms with Crippen molar-refractivity contribution in [3.05, 3.63) is 29.3 Å². The van der Waals surface area contributed by atoms with Crippen LogP contribution in [0, 0.1) is 22.7 Å². The minimum atomic E-state index is -0.308. The van der Waals surface area contributed by atoms with Crippen molar-refractivity contribution < 1.29 is 28.6 Å². The van der Waals surface area contributed by atoms with E-state index >= 15 is 0 Å². The third-order valence-electron chi connectivity index (χ3n) is 10.7. The average molecular weight is 511 g/mol. The highest BCUT2D eigenvalue weighted by atomic mass is 16.6. The van der Waals surface area contributed by atoms with E-state index in [2.05, 4.69) is 19.1 Å². The minimum absolute atomic E-state index is 0.0234. The lowest BCUT2D eigenvalue weighted by molar-refractivity contribution is -0.175. The molecular weight excluding hydrogens is 468 g/mol. The molecule has 3 saturated carbocycles. The Kier molecular flexibility index (Phi) is 6.91. The fourth-order valence-corrected chi connectivity index (χ4v) is 9.40. The summed E-state index contributed by atoms with van der Waals surface area (Å²) in [7, 11) is 0. The molecule has 4 aliphatic carbocycles. The molecule has 4 aliphatic rings. The molecule has 0 aliphatic heterocycles. The summed E-state index contributed by atoms with van der Waals surface area (Å²) in [5, 5.41) is 0. The average Bonchev–Trinajstić information content (AvgIpc) is 3.22. The molecule has 0 N–H and O–H groups in total. The number of hydrogen-bond acceptors (Lipinski definition) is 6. The first-order valence-corrected chi connectivity index (χ1v) is 14.2. The normalized spacial score (nSPS) is 35.2. The number of rotatable bonds is 8. The van der Waals surface area contributed by atoms with Gasteiger partial charge in [-0.2, -0.15) is 0 Å². The van der Waals surface area contributed by atoms with Crippen molar-refractivity contribution in [1.82, 2.24) is 0 Å². The van der Waals surface area contributed by atoms with Crippen molar-refractivity contribution in [1.29, 1.82) is 0 Å². The van der Waals surface area contributed by atoms with E-state index < -0.39 is 0 Å². The summed E-state index contributed by atoms with van der Waals surface area (Å²) >= 11 is 0. The molecule has 0 unspecified atom stereocenters. The molecule has 6 heteroatoms. The number of carbonyl (C=O) groups excluding carboxylic acids is 3. The highest BCUT2D eigenvalue weighted by Crippen LogP contribution is 2.79. The van der Waals surface area contributed by atoms with Crippen molar-refractivity contribution in [2.24, 2.45) is 22.7 Å². The third-order valence-corrected chi connectivity index (χ3v) is 10.7. The summed E-state index contributed by atoms with van der Waals surface area (Å²) in [4.78, 5) is 34.9. The van der Waals surface area contributed by atoms with Gasteiger partial charge in [-0.3, -0.25) is 14.4 Å². The monoisotopic (exact) mass is 510 g/mol. The Labute approximate surface area is 220 Å². The van der Waals surface area contributed by atoms with Crippen LogP contribution in [0.4, 0.5) is 0 Å². The predicted octanol–water partition coefficient (Wildman–Crippen LogP) is 6.28. The summed E-state index contributed by atoms with van der Waals surface area (Å²) in [6.45, 7) is 7.40. The molecule has 37 heavy (non-hydrogen) atoms. The van der Waals surface area contributed by atoms with Crippen LogP contribution in [0.5, 0.6) is 5.75 Å². The number of hydrogen-bond donors (Lipinski definition) is 0. The van der Waals surface area contributed by atoms with E-state index in [1.54, 1.807) is 6.92 Å². The van der Waals surface area contributed by atoms with Gasteiger partial charge in [-0.25, -0.2) is 0 Å². The van der Waals surface area contributed by atoms with Crippen molar-refractivity contribution in [2.75, 3.05) is 6.61 Å². The number of unbranched alkanes of at least 4 members (excludes halogenated alkanes) is 2. The largest absolute Gasteiger partial charge is 0.466 e. The minimum Gasteiger partial charge on any atom is -0.466 e. The van der Waals surface area contributed by atoms with Crippen LogP contribution in [-0.4, -0.2) is 30.1 Å². The lowest BCUT2D eigenvalue weighted by Gasteiger charge is -2.59. The Bertz CT molecular complexity index is 1070. The standard InChI is InChI=1S/C31H42O6/c1-20(32)35-17-7-5-6-8-23-18-24-19-25(36-21(2)33)9-10-26(24)27-11-12-29(4)30(28(23)27)13-15-31(29,16-14-30)37-22(3)34/h9-10,19,23,27-28H,5-8,11-18H2,1-4H3/t23-,27-,28-,29+,30?,31?/m1/s1. The molecule has 0 saturated heterocycles. The molecule has 0 amide bonds. The smallest absolute Gasteiger partial charge is 0.308 e. The van der Waals surface area contributed by atoms with Gasteiger partial charge >= 0.3 is 17.9 Å². The highest BCUT2D eigenvalue weighted by Gasteiger charge is 2.76. The van der Waals surface area contributed by atoms with Gasteiger partial charge in [0.05, 0.1) is 6.61 Å². The maximum Gasteiger partial charge on any atom is 0.308 e. The van der Waals surface area contributed by atoms with E-state index in [-0.39, 0.29) is 34.3 Å². The van der Waals surface area contributed by atoms with Gasteiger partial charge in [-0.05, 0) is 104 Å². The van der Waals surface area contributed by atoms with Gasteiger partial charge in [0.1, 0.15) is 11.4 Å². The zero-order valence-corrected chi connectivity index (χ0v) is 22.9. The quantitative estimate of drug-likeness (QED) is 0.233. The molecular formula is C31H42O6. The van der Waals surface area contributed by atoms with Crippen LogP contribution < -0.4 is 4.74 Å². The van der Waals surface area contributed by atoms with E-state index in [1.165, 1.54) is 25.0 Å². The van der Waals surface area contributed by atoms with Gasteiger partial charge in [0.2, 0.25) is 0 Å². The van der Waals surface area contributed by atoms with Crippen LogP contribution in [0.1, 0.15) is 109 Å². The van der Waals surface area contributed by atoms with E-state index in [1.807, 2.05) is 6.07 Å². The molecule has 1 aromatic rings. The van der Waals surface area contributed by atoms with Gasteiger partial charge in [0.25, 0.3) is 0 Å². The Balaban J connectivity index is 1.44. The molecule has 4 atom stereocenters. The van der Waals surface area contributed by atoms with Crippen LogP contribution in [0.15, 0.2) is 18.2 Å². The summed E-state index contributed by atoms with van der Waals surface area (Å²) in [5.74, 6) is 1.58. The Morgan fingerprint density at radius 2 is 1.68 bits per heavy atom. The van der Waals surface area contributed by atoms with E-state index in [0.717, 1.165) is 70.6 Å². The molecule has 1 aromatic carbocycles. The van der Waals surface area contributed by atoms with E-state index in [0.29, 0.717) is 30.1 Å². The molecule has 6 nitrogen and oxygen atoms in total. The second-order valence-electron chi connectivity index (χ2n) is 12.4. The lowest BCUT2D eigenvalue weighted by Crippen LogP contribution is -2.55. The first-order chi connectivity index (χ1) is 17.6. The predicted molar refractivity (Wildman–Crippen MR) is 139 cm³/mol. The lowest BCUT2D eigenvalue weighted by atomic mass is 9.45. The van der Waals surface area contributed by atoms with Crippen molar-refractivity contribution in [3.8, 4) is 5.75 Å². The number of carbonyl (C=O) groups is 3. The first-order valence-electron chi connectivity index (χ1n) is 14.2. The summed E-state index contributed by atoms with van der Waals surface area (Å²) in [6.07, 6.45) is 11.6. The van der Waals surface area contributed by atoms with Crippen molar-refractivity contribution in [3.63, 3.8) is 0 Å². The summed E-state index contributed by atoms with van der Waals surface area (Å²) in [6, 6.07) is 6.27. The fourth-order valence-electron chi connectivity index (χ4n) is 9.40. The summed E-state index contributed by atoms with van der Waals surface area (Å²) in [5.41, 5.74) is 2.67. The number of esters is 3. The Hall–Kier alpha value is -2.37. The zero-order valence-electron chi connectivity index (χ0n) is 22.9. The van der Waals surface area contributed by atoms with E-state index in [9.17, 15) is 14.4 Å². The summed E-state index contributed by atoms with van der Waals surface area (Å²) < 4.78 is 16.8. The second-order valence-corrected chi connectivity index (χ2v) is 12.4. The zero-order chi connectivity index (χ0) is 26.4. The highest BCUT2D eigenvalue weighted by molar-refractivity contribution is 5.69. The molecule has 3 fully saturated rings. The number of fused-ring (bicyclic) bond motifs is 3. The molecule has 5 rings (SSSR count). The van der Waals surface area contributed by atoms with Crippen LogP contribution in [-0.2, 0) is 30.3 Å². The number of ether oxygens (including phenoxy) is 3. The Morgan fingerprint density at radius 3 is 2.35 bits per heavy atom. The first kappa shape index (κ1) is 26.2. The molecule has 2 bridgehead atoms. The van der Waals surface area contributed by atoms with Gasteiger partial charge in [0.15, 0.2) is 0 Å². The van der Waals surface area contributed by atoms with Gasteiger partial charge in [-0.1, -0.05) is 25.8 Å². The SMILES string of the molecule is CC(=O)OCCCCC[C@@H]1Cc2cc(OC(C)=O)ccc2[C@H]2CC[C@]3(C)C4(OC(C)=O)CCC3(CC4)[C@H]12. The maximum absolute atomic E-state index is 12.2. The van der Waals surface area contributed by atoms with Crippen molar-refractivity contribution in [2.45, 2.75) is 110 Å². The molecule has 202 valence electrons. The molecule has 0 heterocycles. The molecule has 0 spiro atoms. The fraction of sp³-hybridized carbons (Fsp3) is 0.710. The molecule has 0 aromatic heterocycles. The van der Waals surface area contributed by atoms with Gasteiger partial charge in [-0.15, -0.1) is 0 Å². The molecule has 0 radical (unpaired) electrons.